The number of anilines is 2. The van der Waals surface area contributed by atoms with Crippen LogP contribution in [-0.2, 0) is 20.8 Å². The molecule has 2 amide bonds. The number of hydrogen-bond donors (Lipinski definition) is 4. The molecule has 1 aromatic heterocycles. The molecule has 200 valence electrons. The second-order valence-corrected chi connectivity index (χ2v) is 9.81. The molecule has 3 heterocycles. The third kappa shape index (κ3) is 8.29. The van der Waals surface area contributed by atoms with Crippen molar-refractivity contribution in [1.82, 2.24) is 25.6 Å². The molecule has 1 atom stereocenters. The molecule has 11 nitrogen and oxygen atoms in total. The quantitative estimate of drug-likeness (QED) is 0.318. The SMILES string of the molecule is CSCC(NCc1ccc(C(=O)NNc2ccnc(NC3CCOCC3)n2)cc1)C(=O)N1CCOCC1. The first-order valence-electron chi connectivity index (χ1n) is 12.5. The lowest BCUT2D eigenvalue weighted by Gasteiger charge is -2.30. The van der Waals surface area contributed by atoms with Crippen molar-refractivity contribution in [1.29, 1.82) is 0 Å². The van der Waals surface area contributed by atoms with Gasteiger partial charge in [-0.2, -0.15) is 16.7 Å². The van der Waals surface area contributed by atoms with Crippen LogP contribution in [0.2, 0.25) is 0 Å². The smallest absolute Gasteiger partial charge is 0.269 e. The van der Waals surface area contributed by atoms with Crippen molar-refractivity contribution >= 4 is 35.3 Å². The Morgan fingerprint density at radius 2 is 1.81 bits per heavy atom. The zero-order valence-corrected chi connectivity index (χ0v) is 21.9. The molecule has 1 unspecified atom stereocenters. The number of benzene rings is 1. The predicted octanol–water partition coefficient (Wildman–Crippen LogP) is 1.50. The Hall–Kier alpha value is -2.93. The highest BCUT2D eigenvalue weighted by atomic mass is 32.2. The molecule has 2 aromatic rings. The fraction of sp³-hybridized carbons (Fsp3) is 0.520. The summed E-state index contributed by atoms with van der Waals surface area (Å²) in [6, 6.07) is 9.00. The number of hydrogen-bond acceptors (Lipinski definition) is 10. The van der Waals surface area contributed by atoms with E-state index in [1.54, 1.807) is 36.2 Å². The monoisotopic (exact) mass is 529 g/mol. The number of hydrazine groups is 1. The van der Waals surface area contributed by atoms with Gasteiger partial charge in [0.1, 0.15) is 5.82 Å². The summed E-state index contributed by atoms with van der Waals surface area (Å²) >= 11 is 1.64. The van der Waals surface area contributed by atoms with Crippen molar-refractivity contribution in [2.24, 2.45) is 0 Å². The van der Waals surface area contributed by atoms with Crippen molar-refractivity contribution in [2.45, 2.75) is 31.5 Å². The molecule has 2 aliphatic heterocycles. The summed E-state index contributed by atoms with van der Waals surface area (Å²) in [6.07, 6.45) is 5.45. The summed E-state index contributed by atoms with van der Waals surface area (Å²) in [7, 11) is 0. The van der Waals surface area contributed by atoms with Gasteiger partial charge in [0.25, 0.3) is 5.91 Å². The Morgan fingerprint density at radius 3 is 2.54 bits per heavy atom. The maximum Gasteiger partial charge on any atom is 0.269 e. The maximum atomic E-state index is 12.9. The summed E-state index contributed by atoms with van der Waals surface area (Å²) < 4.78 is 10.7. The van der Waals surface area contributed by atoms with Gasteiger partial charge >= 0.3 is 0 Å². The Kier molecular flexibility index (Phi) is 10.4. The van der Waals surface area contributed by atoms with E-state index in [-0.39, 0.29) is 23.9 Å². The Labute approximate surface area is 221 Å². The summed E-state index contributed by atoms with van der Waals surface area (Å²) in [5.41, 5.74) is 7.03. The lowest BCUT2D eigenvalue weighted by molar-refractivity contribution is -0.137. The van der Waals surface area contributed by atoms with Crippen molar-refractivity contribution in [2.75, 3.05) is 62.3 Å². The number of amides is 2. The van der Waals surface area contributed by atoms with Crippen molar-refractivity contribution in [3.63, 3.8) is 0 Å². The molecule has 4 N–H and O–H groups in total. The first-order valence-corrected chi connectivity index (χ1v) is 13.9. The molecule has 0 saturated carbocycles. The summed E-state index contributed by atoms with van der Waals surface area (Å²) in [6.45, 7) is 4.42. The minimum atomic E-state index is -0.278. The molecule has 2 fully saturated rings. The van der Waals surface area contributed by atoms with E-state index >= 15 is 0 Å². The van der Waals surface area contributed by atoms with Crippen molar-refractivity contribution in [3.8, 4) is 0 Å². The molecule has 12 heteroatoms. The van der Waals surface area contributed by atoms with Crippen LogP contribution in [-0.4, -0.2) is 90.3 Å². The molecule has 1 aromatic carbocycles. The van der Waals surface area contributed by atoms with E-state index in [0.717, 1.165) is 31.6 Å². The van der Waals surface area contributed by atoms with Gasteiger partial charge < -0.3 is 25.0 Å². The maximum absolute atomic E-state index is 12.9. The number of morpholine rings is 1. The summed E-state index contributed by atoms with van der Waals surface area (Å²) in [5.74, 6) is 1.52. The lowest BCUT2D eigenvalue weighted by Crippen LogP contribution is -2.51. The van der Waals surface area contributed by atoms with Gasteiger partial charge in [0.05, 0.1) is 19.3 Å². The Morgan fingerprint density at radius 1 is 1.08 bits per heavy atom. The van der Waals surface area contributed by atoms with E-state index in [1.165, 1.54) is 0 Å². The highest BCUT2D eigenvalue weighted by Gasteiger charge is 2.25. The third-order valence-corrected chi connectivity index (χ3v) is 6.90. The van der Waals surface area contributed by atoms with Gasteiger partial charge in [0.15, 0.2) is 0 Å². The second-order valence-electron chi connectivity index (χ2n) is 8.90. The van der Waals surface area contributed by atoms with Crippen LogP contribution >= 0.6 is 11.8 Å². The van der Waals surface area contributed by atoms with Crippen LogP contribution < -0.4 is 21.5 Å². The van der Waals surface area contributed by atoms with E-state index in [2.05, 4.69) is 31.5 Å². The van der Waals surface area contributed by atoms with Crippen molar-refractivity contribution in [3.05, 3.63) is 47.7 Å². The van der Waals surface area contributed by atoms with E-state index in [4.69, 9.17) is 9.47 Å². The molecule has 37 heavy (non-hydrogen) atoms. The number of nitrogens with zero attached hydrogens (tertiary/aromatic N) is 3. The van der Waals surface area contributed by atoms with Gasteiger partial charge in [-0.1, -0.05) is 12.1 Å². The number of carbonyl (C=O) groups excluding carboxylic acids is 2. The normalized spacial score (nSPS) is 17.2. The largest absolute Gasteiger partial charge is 0.381 e. The molecule has 0 bridgehead atoms. The first-order chi connectivity index (χ1) is 18.1. The van der Waals surface area contributed by atoms with Crippen molar-refractivity contribution < 1.29 is 19.1 Å². The van der Waals surface area contributed by atoms with E-state index in [1.807, 2.05) is 23.3 Å². The number of nitrogens with one attached hydrogen (secondary N) is 4. The van der Waals surface area contributed by atoms with Crippen LogP contribution in [0.5, 0.6) is 0 Å². The lowest BCUT2D eigenvalue weighted by atomic mass is 10.1. The highest BCUT2D eigenvalue weighted by molar-refractivity contribution is 7.98. The average Bonchev–Trinajstić information content (AvgIpc) is 2.95. The van der Waals surface area contributed by atoms with Crippen LogP contribution in [0.4, 0.5) is 11.8 Å². The molecule has 2 saturated heterocycles. The zero-order chi connectivity index (χ0) is 25.9. The fourth-order valence-corrected chi connectivity index (χ4v) is 4.71. The fourth-order valence-electron chi connectivity index (χ4n) is 4.12. The van der Waals surface area contributed by atoms with Gasteiger partial charge in [-0.25, -0.2) is 4.98 Å². The highest BCUT2D eigenvalue weighted by Crippen LogP contribution is 2.13. The Balaban J connectivity index is 1.25. The van der Waals surface area contributed by atoms with Gasteiger partial charge in [-0.15, -0.1) is 0 Å². The number of aromatic nitrogens is 2. The number of carbonyl (C=O) groups is 2. The summed E-state index contributed by atoms with van der Waals surface area (Å²) in [5, 5.41) is 6.68. The zero-order valence-electron chi connectivity index (χ0n) is 21.1. The van der Waals surface area contributed by atoms with Gasteiger partial charge in [0.2, 0.25) is 11.9 Å². The number of rotatable bonds is 11. The molecule has 0 radical (unpaired) electrons. The number of ether oxygens (including phenoxy) is 2. The predicted molar refractivity (Wildman–Crippen MR) is 143 cm³/mol. The topological polar surface area (TPSA) is 130 Å². The standard InChI is InChI=1S/C25H35N7O4S/c1-37-17-21(24(34)32-10-14-36-15-11-32)27-16-18-2-4-19(5-3-18)23(33)31-30-22-6-9-26-25(29-22)28-20-7-12-35-13-8-20/h2-6,9,20-21,27H,7-8,10-17H2,1H3,(H,31,33)(H2,26,28,29,30). The molecular weight excluding hydrogens is 494 g/mol. The average molecular weight is 530 g/mol. The van der Waals surface area contributed by atoms with Crippen LogP contribution in [0.25, 0.3) is 0 Å². The third-order valence-electron chi connectivity index (χ3n) is 6.24. The van der Waals surface area contributed by atoms with E-state index in [0.29, 0.717) is 55.9 Å². The van der Waals surface area contributed by atoms with Gasteiger partial charge in [-0.05, 0) is 36.8 Å². The van der Waals surface area contributed by atoms with Crippen LogP contribution in [0.1, 0.15) is 28.8 Å². The molecule has 0 spiro atoms. The van der Waals surface area contributed by atoms with Crippen LogP contribution in [0.15, 0.2) is 36.5 Å². The molecule has 4 rings (SSSR count). The van der Waals surface area contributed by atoms with Gasteiger partial charge in [-0.3, -0.25) is 20.4 Å². The minimum absolute atomic E-state index is 0.107. The minimum Gasteiger partial charge on any atom is -0.381 e. The number of thioether (sulfide) groups is 1. The van der Waals surface area contributed by atoms with Crippen LogP contribution in [0, 0.1) is 0 Å². The molecule has 2 aliphatic rings. The summed E-state index contributed by atoms with van der Waals surface area (Å²) in [4.78, 5) is 36.0. The molecule has 0 aliphatic carbocycles. The van der Waals surface area contributed by atoms with E-state index in [9.17, 15) is 9.59 Å². The van der Waals surface area contributed by atoms with E-state index < -0.39 is 0 Å². The molecular formula is C25H35N7O4S. The van der Waals surface area contributed by atoms with Gasteiger partial charge in [0, 0.05) is 62.5 Å². The first kappa shape index (κ1) is 27.1. The van der Waals surface area contributed by atoms with Crippen LogP contribution in [0.3, 0.4) is 0 Å². The second kappa shape index (κ2) is 14.1. The Bertz CT molecular complexity index is 1010.